The number of aliphatic carboxylic acids is 1. The van der Waals surface area contributed by atoms with Crippen molar-refractivity contribution in [1.82, 2.24) is 0 Å². The third-order valence-corrected chi connectivity index (χ3v) is 0.672. The molecule has 4 heteroatoms. The number of hydrogen-bond acceptors (Lipinski definition) is 2. The van der Waals surface area contributed by atoms with Gasteiger partial charge in [-0.25, -0.2) is 4.79 Å². The van der Waals surface area contributed by atoms with Crippen LogP contribution in [0.4, 0.5) is 0 Å². The van der Waals surface area contributed by atoms with E-state index in [1.54, 1.807) is 6.92 Å². The summed E-state index contributed by atoms with van der Waals surface area (Å²) >= 11 is 0. The van der Waals surface area contributed by atoms with Gasteiger partial charge in [0, 0.05) is 22.4 Å². The number of aliphatic hydroxyl groups is 1. The maximum atomic E-state index is 9.68. The molecule has 1 radical (unpaired) electrons. The summed E-state index contributed by atoms with van der Waals surface area (Å²) in [6.07, 6.45) is -0.907. The quantitative estimate of drug-likeness (QED) is 0.625. The van der Waals surface area contributed by atoms with Gasteiger partial charge in [-0.3, -0.25) is 0 Å². The molecule has 0 aliphatic heterocycles. The zero-order valence-corrected chi connectivity index (χ0v) is 5.87. The largest absolute Gasteiger partial charge is 0.479 e. The molecule has 0 aliphatic carbocycles. The Morgan fingerprint density at radius 2 is 2.12 bits per heavy atom. The maximum Gasteiger partial charge on any atom is 0.332 e. The van der Waals surface area contributed by atoms with Gasteiger partial charge in [0.1, 0.15) is 0 Å². The van der Waals surface area contributed by atoms with E-state index in [-0.39, 0.29) is 28.8 Å². The van der Waals surface area contributed by atoms with Crippen molar-refractivity contribution in [3.05, 3.63) is 0 Å². The fraction of sp³-hybridized carbons (Fsp3) is 0.750. The second-order valence-electron chi connectivity index (χ2n) is 1.26. The van der Waals surface area contributed by atoms with E-state index in [9.17, 15) is 4.79 Å². The topological polar surface area (TPSA) is 57.5 Å². The molecular formula is C4H8AgO3. The molecule has 0 aliphatic rings. The number of aliphatic hydroxyl groups excluding tert-OH is 1. The van der Waals surface area contributed by atoms with E-state index >= 15 is 0 Å². The molecular weight excluding hydrogens is 204 g/mol. The van der Waals surface area contributed by atoms with E-state index in [1.807, 2.05) is 0 Å². The van der Waals surface area contributed by atoms with Gasteiger partial charge in [-0.2, -0.15) is 0 Å². The van der Waals surface area contributed by atoms with Crippen LogP contribution in [0, 0.1) is 0 Å². The summed E-state index contributed by atoms with van der Waals surface area (Å²) in [5.74, 6) is -1.15. The Balaban J connectivity index is 0. The number of rotatable bonds is 2. The van der Waals surface area contributed by atoms with E-state index in [0.29, 0.717) is 0 Å². The normalized spacial score (nSPS) is 11.8. The van der Waals surface area contributed by atoms with Crippen LogP contribution in [-0.2, 0) is 27.2 Å². The summed E-state index contributed by atoms with van der Waals surface area (Å²) in [6.45, 7) is 1.61. The van der Waals surface area contributed by atoms with Gasteiger partial charge in [0.05, 0.1) is 0 Å². The number of hydrogen-bond donors (Lipinski definition) is 2. The predicted molar refractivity (Wildman–Crippen MR) is 23.9 cm³/mol. The summed E-state index contributed by atoms with van der Waals surface area (Å²) in [5, 5.41) is 16.3. The average Bonchev–Trinajstić information content (AvgIpc) is 1.65. The summed E-state index contributed by atoms with van der Waals surface area (Å²) in [4.78, 5) is 9.68. The average molecular weight is 212 g/mol. The van der Waals surface area contributed by atoms with Crippen molar-refractivity contribution >= 4 is 5.97 Å². The minimum absolute atomic E-state index is 0. The fourth-order valence-electron chi connectivity index (χ4n) is 0.175. The van der Waals surface area contributed by atoms with Gasteiger partial charge in [-0.05, 0) is 6.42 Å². The van der Waals surface area contributed by atoms with Gasteiger partial charge in [-0.1, -0.05) is 6.92 Å². The van der Waals surface area contributed by atoms with E-state index in [2.05, 4.69) is 0 Å². The summed E-state index contributed by atoms with van der Waals surface area (Å²) < 4.78 is 0. The fourth-order valence-corrected chi connectivity index (χ4v) is 0.175. The third kappa shape index (κ3) is 4.33. The smallest absolute Gasteiger partial charge is 0.332 e. The first-order valence-corrected chi connectivity index (χ1v) is 2.09. The second-order valence-corrected chi connectivity index (χ2v) is 1.26. The first kappa shape index (κ1) is 11.0. The first-order valence-electron chi connectivity index (χ1n) is 2.09. The van der Waals surface area contributed by atoms with Crippen LogP contribution >= 0.6 is 0 Å². The Labute approximate surface area is 63.2 Å². The predicted octanol–water partition coefficient (Wildman–Crippen LogP) is -0.161. The van der Waals surface area contributed by atoms with Gasteiger partial charge in [0.15, 0.2) is 6.10 Å². The molecule has 1 unspecified atom stereocenters. The Morgan fingerprint density at radius 1 is 1.75 bits per heavy atom. The molecule has 0 aromatic rings. The Morgan fingerprint density at radius 3 is 2.12 bits per heavy atom. The SMILES string of the molecule is CCC(O)C(=O)O.[Ag]. The van der Waals surface area contributed by atoms with Crippen molar-refractivity contribution in [2.75, 3.05) is 0 Å². The first-order chi connectivity index (χ1) is 3.18. The van der Waals surface area contributed by atoms with Crippen LogP contribution in [0.5, 0.6) is 0 Å². The standard InChI is InChI=1S/C4H8O3.Ag/c1-2-3(5)4(6)7;/h3,5H,2H2,1H3,(H,6,7);. The van der Waals surface area contributed by atoms with Gasteiger partial charge in [-0.15, -0.1) is 0 Å². The summed E-state index contributed by atoms with van der Waals surface area (Å²) in [6, 6.07) is 0. The van der Waals surface area contributed by atoms with Crippen molar-refractivity contribution in [3.8, 4) is 0 Å². The van der Waals surface area contributed by atoms with Crippen LogP contribution in [0.2, 0.25) is 0 Å². The van der Waals surface area contributed by atoms with Gasteiger partial charge < -0.3 is 10.2 Å². The molecule has 0 bridgehead atoms. The van der Waals surface area contributed by atoms with Crippen LogP contribution in [0.15, 0.2) is 0 Å². The molecule has 0 amide bonds. The second kappa shape index (κ2) is 5.31. The van der Waals surface area contributed by atoms with Crippen molar-refractivity contribution in [3.63, 3.8) is 0 Å². The van der Waals surface area contributed by atoms with Crippen LogP contribution in [-0.4, -0.2) is 22.3 Å². The van der Waals surface area contributed by atoms with Crippen molar-refractivity contribution < 1.29 is 37.4 Å². The van der Waals surface area contributed by atoms with Gasteiger partial charge in [0.2, 0.25) is 0 Å². The number of carbonyl (C=O) groups is 1. The minimum atomic E-state index is -1.18. The van der Waals surface area contributed by atoms with Crippen molar-refractivity contribution in [1.29, 1.82) is 0 Å². The number of carboxylic acids is 1. The molecule has 0 aromatic carbocycles. The summed E-state index contributed by atoms with van der Waals surface area (Å²) in [5.41, 5.74) is 0. The molecule has 0 heterocycles. The molecule has 0 fully saturated rings. The van der Waals surface area contributed by atoms with Gasteiger partial charge >= 0.3 is 5.97 Å². The number of carboxylic acid groups (broad SMARTS) is 1. The van der Waals surface area contributed by atoms with E-state index in [4.69, 9.17) is 10.2 Å². The maximum absolute atomic E-state index is 9.68. The zero-order valence-electron chi connectivity index (χ0n) is 4.39. The van der Waals surface area contributed by atoms with Crippen molar-refractivity contribution in [2.24, 2.45) is 0 Å². The van der Waals surface area contributed by atoms with Crippen LogP contribution in [0.25, 0.3) is 0 Å². The van der Waals surface area contributed by atoms with Crippen LogP contribution in [0.1, 0.15) is 13.3 Å². The molecule has 8 heavy (non-hydrogen) atoms. The Kier molecular flexibility index (Phi) is 7.32. The minimum Gasteiger partial charge on any atom is -0.479 e. The van der Waals surface area contributed by atoms with Crippen LogP contribution < -0.4 is 0 Å². The van der Waals surface area contributed by atoms with E-state index in [1.165, 1.54) is 0 Å². The molecule has 0 spiro atoms. The van der Waals surface area contributed by atoms with Crippen LogP contribution in [0.3, 0.4) is 0 Å². The molecule has 0 aromatic heterocycles. The molecule has 53 valence electrons. The van der Waals surface area contributed by atoms with Crippen molar-refractivity contribution in [2.45, 2.75) is 19.4 Å². The van der Waals surface area contributed by atoms with E-state index < -0.39 is 12.1 Å². The molecule has 0 saturated carbocycles. The molecule has 0 rings (SSSR count). The molecule has 1 atom stereocenters. The molecule has 3 nitrogen and oxygen atoms in total. The Hall–Kier alpha value is 0.170. The third-order valence-electron chi connectivity index (χ3n) is 0.672. The monoisotopic (exact) mass is 211 g/mol. The van der Waals surface area contributed by atoms with E-state index in [0.717, 1.165) is 0 Å². The zero-order chi connectivity index (χ0) is 5.86. The summed E-state index contributed by atoms with van der Waals surface area (Å²) in [7, 11) is 0. The molecule has 2 N–H and O–H groups in total. The van der Waals surface area contributed by atoms with Gasteiger partial charge in [0.25, 0.3) is 0 Å². The Bertz CT molecular complexity index is 73.7. The molecule has 0 saturated heterocycles.